The molecule has 104 valence electrons. The molecule has 1 N–H and O–H groups in total. The Bertz CT molecular complexity index is 613. The van der Waals surface area contributed by atoms with Gasteiger partial charge in [-0.25, -0.2) is 8.42 Å². The van der Waals surface area contributed by atoms with E-state index in [0.717, 1.165) is 30.6 Å². The molecule has 19 heavy (non-hydrogen) atoms. The van der Waals surface area contributed by atoms with Crippen molar-refractivity contribution in [1.82, 2.24) is 4.72 Å². The summed E-state index contributed by atoms with van der Waals surface area (Å²) in [5.41, 5.74) is -1.02. The fourth-order valence-electron chi connectivity index (χ4n) is 2.21. The Labute approximate surface area is 126 Å². The smallest absolute Gasteiger partial charge is 0.207 e. The molecule has 0 spiro atoms. The zero-order valence-corrected chi connectivity index (χ0v) is 13.1. The summed E-state index contributed by atoms with van der Waals surface area (Å²) in [6, 6.07) is 3.42. The largest absolute Gasteiger partial charge is 0.244 e. The van der Waals surface area contributed by atoms with E-state index in [1.54, 1.807) is 0 Å². The molecule has 0 aliphatic heterocycles. The van der Waals surface area contributed by atoms with Crippen LogP contribution in [0.15, 0.2) is 11.0 Å². The second kappa shape index (κ2) is 5.58. The number of nitriles is 1. The quantitative estimate of drug-likeness (QED) is 0.915. The Kier molecular flexibility index (Phi) is 4.43. The molecule has 4 nitrogen and oxygen atoms in total. The van der Waals surface area contributed by atoms with Gasteiger partial charge in [0.25, 0.3) is 0 Å². The summed E-state index contributed by atoms with van der Waals surface area (Å²) in [5.74, 6) is 0. The van der Waals surface area contributed by atoms with Gasteiger partial charge in [-0.3, -0.25) is 0 Å². The molecule has 1 aliphatic rings. The van der Waals surface area contributed by atoms with E-state index in [1.807, 2.05) is 0 Å². The first kappa shape index (κ1) is 15.1. The lowest BCUT2D eigenvalue weighted by Gasteiger charge is -2.30. The third kappa shape index (κ3) is 3.23. The highest BCUT2D eigenvalue weighted by Gasteiger charge is 2.37. The lowest BCUT2D eigenvalue weighted by Crippen LogP contribution is -2.48. The van der Waals surface area contributed by atoms with Crippen molar-refractivity contribution in [3.05, 3.63) is 14.7 Å². The second-order valence-electron chi connectivity index (χ2n) is 4.55. The molecule has 1 aliphatic carbocycles. The molecule has 0 unspecified atom stereocenters. The predicted molar refractivity (Wildman–Crippen MR) is 76.1 cm³/mol. The molecule has 0 radical (unpaired) electrons. The van der Waals surface area contributed by atoms with Crippen LogP contribution in [0.3, 0.4) is 0 Å². The summed E-state index contributed by atoms with van der Waals surface area (Å²) < 4.78 is 27.5. The fraction of sp³-hybridized carbons (Fsp3) is 0.545. The van der Waals surface area contributed by atoms with Crippen LogP contribution < -0.4 is 4.72 Å². The van der Waals surface area contributed by atoms with Crippen LogP contribution in [0.2, 0.25) is 8.67 Å². The summed E-state index contributed by atoms with van der Waals surface area (Å²) in [7, 11) is -3.82. The zero-order chi connectivity index (χ0) is 14.1. The lowest BCUT2D eigenvalue weighted by atomic mass is 9.84. The molecule has 1 fully saturated rings. The minimum absolute atomic E-state index is 0.0515. The van der Waals surface area contributed by atoms with Gasteiger partial charge in [0, 0.05) is 0 Å². The lowest BCUT2D eigenvalue weighted by molar-refractivity contribution is 0.338. The van der Waals surface area contributed by atoms with E-state index in [2.05, 4.69) is 10.8 Å². The molecule has 0 amide bonds. The highest BCUT2D eigenvalue weighted by molar-refractivity contribution is 7.89. The van der Waals surface area contributed by atoms with E-state index in [-0.39, 0.29) is 9.23 Å². The maximum atomic E-state index is 12.3. The number of thiophene rings is 1. The number of rotatable bonds is 3. The summed E-state index contributed by atoms with van der Waals surface area (Å²) in [6.07, 6.45) is 3.76. The first-order chi connectivity index (χ1) is 8.88. The molecule has 8 heteroatoms. The van der Waals surface area contributed by atoms with Gasteiger partial charge in [0.1, 0.15) is 14.8 Å². The van der Waals surface area contributed by atoms with E-state index >= 15 is 0 Å². The van der Waals surface area contributed by atoms with Gasteiger partial charge < -0.3 is 0 Å². The first-order valence-corrected chi connectivity index (χ1v) is 8.84. The van der Waals surface area contributed by atoms with Gasteiger partial charge in [-0.05, 0) is 18.9 Å². The van der Waals surface area contributed by atoms with E-state index < -0.39 is 15.6 Å². The number of hydrogen-bond donors (Lipinski definition) is 1. The standard InChI is InChI=1S/C11H12Cl2N2O2S2/c12-9-6-8(10(13)18-9)19(16,17)15-11(7-14)4-2-1-3-5-11/h6,15H,1-5H2. The average Bonchev–Trinajstić information content (AvgIpc) is 2.70. The minimum Gasteiger partial charge on any atom is -0.207 e. The molecule has 0 atom stereocenters. The van der Waals surface area contributed by atoms with Gasteiger partial charge in [0.05, 0.1) is 10.4 Å². The number of nitrogens with one attached hydrogen (secondary N) is 1. The maximum absolute atomic E-state index is 12.3. The monoisotopic (exact) mass is 338 g/mol. The highest BCUT2D eigenvalue weighted by Crippen LogP contribution is 2.36. The van der Waals surface area contributed by atoms with Crippen molar-refractivity contribution < 1.29 is 8.42 Å². The Morgan fingerprint density at radius 3 is 2.42 bits per heavy atom. The molecule has 1 aromatic heterocycles. The van der Waals surface area contributed by atoms with Crippen LogP contribution in [0.4, 0.5) is 0 Å². The Hall–Kier alpha value is -0.320. The SMILES string of the molecule is N#CC1(NS(=O)(=O)c2cc(Cl)sc2Cl)CCCCC1. The minimum atomic E-state index is -3.82. The van der Waals surface area contributed by atoms with Crippen molar-refractivity contribution in [1.29, 1.82) is 5.26 Å². The third-order valence-corrected chi connectivity index (χ3v) is 6.46. The van der Waals surface area contributed by atoms with Crippen LogP contribution >= 0.6 is 34.5 Å². The summed E-state index contributed by atoms with van der Waals surface area (Å²) >= 11 is 12.6. The van der Waals surface area contributed by atoms with Crippen LogP contribution in [0, 0.1) is 11.3 Å². The van der Waals surface area contributed by atoms with Crippen LogP contribution in [0.5, 0.6) is 0 Å². The number of hydrogen-bond acceptors (Lipinski definition) is 4. The van der Waals surface area contributed by atoms with Gasteiger partial charge >= 0.3 is 0 Å². The van der Waals surface area contributed by atoms with Crippen molar-refractivity contribution in [2.75, 3.05) is 0 Å². The third-order valence-electron chi connectivity index (χ3n) is 3.17. The van der Waals surface area contributed by atoms with Crippen LogP contribution in [0.1, 0.15) is 32.1 Å². The van der Waals surface area contributed by atoms with Crippen molar-refractivity contribution in [2.45, 2.75) is 42.5 Å². The highest BCUT2D eigenvalue weighted by atomic mass is 35.5. The number of halogens is 2. The summed E-state index contributed by atoms with van der Waals surface area (Å²) in [5, 5.41) is 9.29. The van der Waals surface area contributed by atoms with Gasteiger partial charge in [-0.2, -0.15) is 9.98 Å². The first-order valence-electron chi connectivity index (χ1n) is 5.79. The number of nitrogens with zero attached hydrogens (tertiary/aromatic N) is 1. The fourth-order valence-corrected chi connectivity index (χ4v) is 5.74. The van der Waals surface area contributed by atoms with Gasteiger partial charge in [0.2, 0.25) is 10.0 Å². The molecule has 0 bridgehead atoms. The molecular formula is C11H12Cl2N2O2S2. The molecule has 1 saturated carbocycles. The maximum Gasteiger partial charge on any atom is 0.244 e. The van der Waals surface area contributed by atoms with E-state index in [0.29, 0.717) is 17.2 Å². The van der Waals surface area contributed by atoms with Gasteiger partial charge in [-0.1, -0.05) is 42.5 Å². The Morgan fingerprint density at radius 2 is 1.95 bits per heavy atom. The van der Waals surface area contributed by atoms with Gasteiger partial charge in [0.15, 0.2) is 0 Å². The second-order valence-corrected chi connectivity index (χ2v) is 8.48. The number of sulfonamides is 1. The molecule has 0 aromatic carbocycles. The molecular weight excluding hydrogens is 327 g/mol. The molecule has 0 saturated heterocycles. The van der Waals surface area contributed by atoms with Crippen molar-refractivity contribution in [2.24, 2.45) is 0 Å². The van der Waals surface area contributed by atoms with Gasteiger partial charge in [-0.15, -0.1) is 11.3 Å². The molecule has 1 heterocycles. The molecule has 2 rings (SSSR count). The van der Waals surface area contributed by atoms with Crippen molar-refractivity contribution in [3.8, 4) is 6.07 Å². The topological polar surface area (TPSA) is 70.0 Å². The Morgan fingerprint density at radius 1 is 1.32 bits per heavy atom. The van der Waals surface area contributed by atoms with Crippen LogP contribution in [-0.2, 0) is 10.0 Å². The van der Waals surface area contributed by atoms with Crippen molar-refractivity contribution in [3.63, 3.8) is 0 Å². The van der Waals surface area contributed by atoms with Crippen molar-refractivity contribution >= 4 is 44.6 Å². The van der Waals surface area contributed by atoms with Crippen LogP contribution in [-0.4, -0.2) is 14.0 Å². The average molecular weight is 339 g/mol. The molecule has 1 aromatic rings. The summed E-state index contributed by atoms with van der Waals surface area (Å²) in [4.78, 5) is -0.0515. The van der Waals surface area contributed by atoms with E-state index in [9.17, 15) is 13.7 Å². The predicted octanol–water partition coefficient (Wildman–Crippen LogP) is 3.56. The summed E-state index contributed by atoms with van der Waals surface area (Å²) in [6.45, 7) is 0. The van der Waals surface area contributed by atoms with Crippen LogP contribution in [0.25, 0.3) is 0 Å². The van der Waals surface area contributed by atoms with E-state index in [1.165, 1.54) is 6.07 Å². The van der Waals surface area contributed by atoms with E-state index in [4.69, 9.17) is 23.2 Å². The zero-order valence-electron chi connectivity index (χ0n) is 9.95. The Balaban J connectivity index is 2.31. The normalized spacial score (nSPS) is 19.0.